The summed E-state index contributed by atoms with van der Waals surface area (Å²) in [5, 5.41) is 2.51. The lowest BCUT2D eigenvalue weighted by Gasteiger charge is -2.25. The molecule has 1 atom stereocenters. The molecule has 0 fully saturated rings. The van der Waals surface area contributed by atoms with Gasteiger partial charge in [0.15, 0.2) is 0 Å². The topological polar surface area (TPSA) is 73.9 Å². The molecule has 0 bridgehead atoms. The second-order valence-electron chi connectivity index (χ2n) is 7.88. The highest BCUT2D eigenvalue weighted by Gasteiger charge is 2.32. The zero-order valence-corrected chi connectivity index (χ0v) is 18.7. The van der Waals surface area contributed by atoms with Gasteiger partial charge in [0.25, 0.3) is 5.91 Å². The van der Waals surface area contributed by atoms with Gasteiger partial charge in [-0.3, -0.25) is 4.79 Å². The molecule has 1 unspecified atom stereocenters. The lowest BCUT2D eigenvalue weighted by atomic mass is 9.93. The number of rotatable bonds is 7. The van der Waals surface area contributed by atoms with E-state index in [1.807, 2.05) is 30.3 Å². The van der Waals surface area contributed by atoms with Gasteiger partial charge in [-0.25, -0.2) is 4.79 Å². The fraction of sp³-hybridized carbons (Fsp3) is 0.231. The summed E-state index contributed by atoms with van der Waals surface area (Å²) in [5.41, 5.74) is 0.916. The summed E-state index contributed by atoms with van der Waals surface area (Å²) in [6.45, 7) is 0.310. The van der Waals surface area contributed by atoms with Gasteiger partial charge in [-0.15, -0.1) is 0 Å². The smallest absolute Gasteiger partial charge is 0.416 e. The van der Waals surface area contributed by atoms with Crippen LogP contribution in [0.5, 0.6) is 5.75 Å². The molecule has 6 nitrogen and oxygen atoms in total. The van der Waals surface area contributed by atoms with Crippen molar-refractivity contribution in [2.75, 3.05) is 25.6 Å². The number of carbonyl (C=O) groups excluding carboxylic acids is 2. The molecule has 1 amide bonds. The highest BCUT2D eigenvalue weighted by atomic mass is 19.4. The maximum atomic E-state index is 13.3. The van der Waals surface area contributed by atoms with Crippen molar-refractivity contribution in [3.8, 4) is 5.75 Å². The fourth-order valence-corrected chi connectivity index (χ4v) is 3.75. The van der Waals surface area contributed by atoms with Gasteiger partial charge in [-0.1, -0.05) is 30.3 Å². The van der Waals surface area contributed by atoms with Crippen molar-refractivity contribution in [2.24, 2.45) is 0 Å². The third-order valence-corrected chi connectivity index (χ3v) is 5.51. The number of benzene rings is 3. The summed E-state index contributed by atoms with van der Waals surface area (Å²) in [7, 11) is 1.47. The third kappa shape index (κ3) is 5.63. The Morgan fingerprint density at radius 1 is 1.06 bits per heavy atom. The number of cyclic esters (lactones) is 1. The first-order chi connectivity index (χ1) is 16.8. The van der Waals surface area contributed by atoms with E-state index in [-0.39, 0.29) is 30.2 Å². The maximum Gasteiger partial charge on any atom is 0.416 e. The number of alkyl halides is 3. The average Bonchev–Trinajstić information content (AvgIpc) is 2.84. The third-order valence-electron chi connectivity index (χ3n) is 5.51. The van der Waals surface area contributed by atoms with Crippen LogP contribution in [0, 0.1) is 0 Å². The number of hydrogen-bond donors (Lipinski definition) is 1. The summed E-state index contributed by atoms with van der Waals surface area (Å²) in [6, 6.07) is 16.5. The van der Waals surface area contributed by atoms with E-state index in [9.17, 15) is 22.8 Å². The van der Waals surface area contributed by atoms with Crippen molar-refractivity contribution in [1.82, 2.24) is 0 Å². The molecular weight excluding hydrogens is 463 g/mol. The van der Waals surface area contributed by atoms with Crippen molar-refractivity contribution < 1.29 is 37.0 Å². The molecule has 35 heavy (non-hydrogen) atoms. The van der Waals surface area contributed by atoms with E-state index in [4.69, 9.17) is 14.2 Å². The predicted molar refractivity (Wildman–Crippen MR) is 122 cm³/mol. The Morgan fingerprint density at radius 3 is 2.54 bits per heavy atom. The van der Waals surface area contributed by atoms with Crippen LogP contribution < -0.4 is 10.1 Å². The SMILES string of the molecule is COCCOc1ccc(C(F)(F)F)cc1NC(=O)c1ccc2c(c1)CC(c1ccccc1)OC2=O. The van der Waals surface area contributed by atoms with Gasteiger partial charge < -0.3 is 19.5 Å². The van der Waals surface area contributed by atoms with Crippen LogP contribution in [0.2, 0.25) is 0 Å². The molecule has 0 saturated carbocycles. The molecule has 1 aliphatic heterocycles. The van der Waals surface area contributed by atoms with Crippen molar-refractivity contribution in [3.63, 3.8) is 0 Å². The molecule has 182 valence electrons. The first-order valence-electron chi connectivity index (χ1n) is 10.8. The van der Waals surface area contributed by atoms with Crippen molar-refractivity contribution in [2.45, 2.75) is 18.7 Å². The number of amides is 1. The van der Waals surface area contributed by atoms with Gasteiger partial charge in [0.2, 0.25) is 0 Å². The molecule has 3 aromatic carbocycles. The highest BCUT2D eigenvalue weighted by Crippen LogP contribution is 2.36. The van der Waals surface area contributed by atoms with Crippen molar-refractivity contribution in [1.29, 1.82) is 0 Å². The molecule has 0 aliphatic carbocycles. The molecule has 1 aliphatic rings. The Hall–Kier alpha value is -3.85. The summed E-state index contributed by atoms with van der Waals surface area (Å²) in [4.78, 5) is 25.5. The number of methoxy groups -OCH3 is 1. The van der Waals surface area contributed by atoms with Crippen LogP contribution in [0.1, 0.15) is 43.5 Å². The lowest BCUT2D eigenvalue weighted by Crippen LogP contribution is -2.23. The minimum atomic E-state index is -4.59. The molecule has 1 N–H and O–H groups in total. The number of anilines is 1. The second-order valence-corrected chi connectivity index (χ2v) is 7.88. The Labute approximate surface area is 199 Å². The molecule has 9 heteroatoms. The Morgan fingerprint density at radius 2 is 1.83 bits per heavy atom. The Balaban J connectivity index is 1.59. The van der Waals surface area contributed by atoms with Gasteiger partial charge >= 0.3 is 12.1 Å². The second kappa shape index (κ2) is 10.2. The highest BCUT2D eigenvalue weighted by molar-refractivity contribution is 6.06. The first kappa shape index (κ1) is 24.3. The molecule has 4 rings (SSSR count). The quantitative estimate of drug-likeness (QED) is 0.357. The molecule has 3 aromatic rings. The van der Waals surface area contributed by atoms with Crippen LogP contribution in [-0.4, -0.2) is 32.2 Å². The van der Waals surface area contributed by atoms with E-state index in [2.05, 4.69) is 5.32 Å². The summed E-state index contributed by atoms with van der Waals surface area (Å²) in [5.74, 6) is -1.06. The van der Waals surface area contributed by atoms with E-state index < -0.39 is 29.7 Å². The zero-order valence-electron chi connectivity index (χ0n) is 18.7. The number of esters is 1. The molecular formula is C26H22F3NO5. The van der Waals surface area contributed by atoms with E-state index in [0.717, 1.165) is 23.8 Å². The van der Waals surface area contributed by atoms with Crippen LogP contribution >= 0.6 is 0 Å². The summed E-state index contributed by atoms with van der Waals surface area (Å²) < 4.78 is 55.7. The normalized spacial score (nSPS) is 15.2. The standard InChI is InChI=1S/C26H22F3NO5/c1-33-11-12-34-22-10-8-19(26(27,28)29)15-21(22)30-24(31)17-7-9-20-18(13-17)14-23(35-25(20)32)16-5-3-2-4-6-16/h2-10,13,15,23H,11-12,14H2,1H3,(H,30,31). The minimum Gasteiger partial charge on any atom is -0.489 e. The fourth-order valence-electron chi connectivity index (χ4n) is 3.75. The summed E-state index contributed by atoms with van der Waals surface area (Å²) >= 11 is 0. The maximum absolute atomic E-state index is 13.3. The van der Waals surface area contributed by atoms with Gasteiger partial charge in [0.1, 0.15) is 18.5 Å². The number of fused-ring (bicyclic) bond motifs is 1. The van der Waals surface area contributed by atoms with Gasteiger partial charge in [-0.2, -0.15) is 13.2 Å². The molecule has 1 heterocycles. The lowest BCUT2D eigenvalue weighted by molar-refractivity contribution is -0.137. The molecule has 0 aromatic heterocycles. The van der Waals surface area contributed by atoms with E-state index in [1.54, 1.807) is 6.07 Å². The van der Waals surface area contributed by atoms with Gasteiger partial charge in [0.05, 0.1) is 23.4 Å². The Bertz CT molecular complexity index is 1230. The number of ether oxygens (including phenoxy) is 3. The summed E-state index contributed by atoms with van der Waals surface area (Å²) in [6.07, 6.45) is -4.73. The molecule has 0 spiro atoms. The van der Waals surface area contributed by atoms with Crippen LogP contribution in [0.15, 0.2) is 66.7 Å². The van der Waals surface area contributed by atoms with E-state index in [0.29, 0.717) is 17.5 Å². The van der Waals surface area contributed by atoms with E-state index >= 15 is 0 Å². The van der Waals surface area contributed by atoms with Crippen molar-refractivity contribution >= 4 is 17.6 Å². The average molecular weight is 485 g/mol. The monoisotopic (exact) mass is 485 g/mol. The Kier molecular flexibility index (Phi) is 7.07. The zero-order chi connectivity index (χ0) is 25.0. The largest absolute Gasteiger partial charge is 0.489 e. The van der Waals surface area contributed by atoms with Crippen LogP contribution in [-0.2, 0) is 22.1 Å². The molecule has 0 radical (unpaired) electrons. The van der Waals surface area contributed by atoms with Crippen LogP contribution in [0.3, 0.4) is 0 Å². The van der Waals surface area contributed by atoms with Crippen molar-refractivity contribution in [3.05, 3.63) is 94.5 Å². The van der Waals surface area contributed by atoms with Crippen LogP contribution in [0.4, 0.5) is 18.9 Å². The molecule has 0 saturated heterocycles. The number of nitrogens with one attached hydrogen (secondary N) is 1. The first-order valence-corrected chi connectivity index (χ1v) is 10.8. The number of carbonyl (C=O) groups is 2. The van der Waals surface area contributed by atoms with Gasteiger partial charge in [-0.05, 0) is 47.5 Å². The minimum absolute atomic E-state index is 0.0779. The predicted octanol–water partition coefficient (Wildman–Crippen LogP) is 5.44. The number of hydrogen-bond acceptors (Lipinski definition) is 5. The van der Waals surface area contributed by atoms with Gasteiger partial charge in [0, 0.05) is 19.1 Å². The van der Waals surface area contributed by atoms with E-state index in [1.165, 1.54) is 19.2 Å². The number of halogens is 3. The van der Waals surface area contributed by atoms with Crippen LogP contribution in [0.25, 0.3) is 0 Å².